The fourth-order valence-electron chi connectivity index (χ4n) is 2.30. The lowest BCUT2D eigenvalue weighted by Crippen LogP contribution is -2.36. The monoisotopic (exact) mass is 280 g/mol. The number of nitrogens with one attached hydrogen (secondary N) is 2. The van der Waals surface area contributed by atoms with Crippen molar-refractivity contribution in [3.8, 4) is 0 Å². The van der Waals surface area contributed by atoms with Crippen LogP contribution in [-0.4, -0.2) is 31.7 Å². The molecule has 0 radical (unpaired) electrons. The quantitative estimate of drug-likeness (QED) is 0.864. The molecule has 5 heteroatoms. The first-order valence-electron chi connectivity index (χ1n) is 7.02. The van der Waals surface area contributed by atoms with Gasteiger partial charge in [-0.2, -0.15) is 0 Å². The Balaban J connectivity index is 1.76. The third-order valence-corrected chi connectivity index (χ3v) is 3.46. The van der Waals surface area contributed by atoms with Gasteiger partial charge in [-0.1, -0.05) is 12.1 Å². The summed E-state index contributed by atoms with van der Waals surface area (Å²) in [4.78, 5) is 11.8. The Morgan fingerprint density at radius 2 is 2.25 bits per heavy atom. The topological polar surface area (TPSA) is 50.4 Å². The Morgan fingerprint density at radius 1 is 1.50 bits per heavy atom. The number of halogens is 1. The van der Waals surface area contributed by atoms with Crippen molar-refractivity contribution in [1.29, 1.82) is 0 Å². The fraction of sp³-hybridized carbons (Fsp3) is 0.533. The van der Waals surface area contributed by atoms with Crippen molar-refractivity contribution in [3.63, 3.8) is 0 Å². The van der Waals surface area contributed by atoms with Crippen LogP contribution in [0.15, 0.2) is 24.3 Å². The Labute approximate surface area is 118 Å². The predicted molar refractivity (Wildman–Crippen MR) is 74.8 cm³/mol. The molecule has 2 N–H and O–H groups in total. The van der Waals surface area contributed by atoms with Gasteiger partial charge in [0.2, 0.25) is 5.91 Å². The highest BCUT2D eigenvalue weighted by Crippen LogP contribution is 2.13. The lowest BCUT2D eigenvalue weighted by Gasteiger charge is -2.23. The van der Waals surface area contributed by atoms with Crippen LogP contribution in [-0.2, 0) is 9.53 Å². The van der Waals surface area contributed by atoms with Crippen LogP contribution in [0, 0.1) is 5.82 Å². The molecule has 1 aromatic rings. The minimum atomic E-state index is -0.297. The molecule has 20 heavy (non-hydrogen) atoms. The van der Waals surface area contributed by atoms with E-state index in [2.05, 4.69) is 10.6 Å². The number of ether oxygens (including phenoxy) is 1. The summed E-state index contributed by atoms with van der Waals surface area (Å²) in [5.41, 5.74) is 0.750. The van der Waals surface area contributed by atoms with E-state index in [0.717, 1.165) is 31.5 Å². The highest BCUT2D eigenvalue weighted by atomic mass is 19.1. The molecule has 1 aromatic carbocycles. The van der Waals surface area contributed by atoms with Crippen LogP contribution in [0.4, 0.5) is 4.39 Å². The zero-order chi connectivity index (χ0) is 14.4. The summed E-state index contributed by atoms with van der Waals surface area (Å²) in [5.74, 6) is -0.463. The molecule has 0 saturated carbocycles. The molecule has 2 rings (SSSR count). The molecule has 0 spiro atoms. The number of rotatable bonds is 5. The van der Waals surface area contributed by atoms with E-state index in [1.165, 1.54) is 12.1 Å². The second-order valence-corrected chi connectivity index (χ2v) is 5.10. The highest BCUT2D eigenvalue weighted by molar-refractivity contribution is 5.77. The van der Waals surface area contributed by atoms with Crippen molar-refractivity contribution < 1.29 is 13.9 Å². The summed E-state index contributed by atoms with van der Waals surface area (Å²) in [7, 11) is 0. The van der Waals surface area contributed by atoms with Gasteiger partial charge in [-0.25, -0.2) is 4.39 Å². The van der Waals surface area contributed by atoms with Crippen LogP contribution in [0.5, 0.6) is 0 Å². The van der Waals surface area contributed by atoms with Gasteiger partial charge in [-0.15, -0.1) is 0 Å². The fourth-order valence-corrected chi connectivity index (χ4v) is 2.30. The first-order chi connectivity index (χ1) is 9.65. The first kappa shape index (κ1) is 14.9. The molecule has 1 saturated heterocycles. The van der Waals surface area contributed by atoms with E-state index >= 15 is 0 Å². The standard InChI is InChI=1S/C15H21FN2O2/c1-11(12-3-2-4-13(16)9-12)18-15(19)10-20-14-5-7-17-8-6-14/h2-4,9,11,14,17H,5-8,10H2,1H3,(H,18,19)/t11-/m1/s1. The number of benzene rings is 1. The molecule has 0 aromatic heterocycles. The largest absolute Gasteiger partial charge is 0.368 e. The summed E-state index contributed by atoms with van der Waals surface area (Å²) in [5, 5.41) is 6.06. The van der Waals surface area contributed by atoms with Crippen LogP contribution in [0.2, 0.25) is 0 Å². The number of hydrogen-bond donors (Lipinski definition) is 2. The van der Waals surface area contributed by atoms with Gasteiger partial charge in [0, 0.05) is 0 Å². The van der Waals surface area contributed by atoms with E-state index in [4.69, 9.17) is 4.74 Å². The molecule has 1 aliphatic rings. The third kappa shape index (κ3) is 4.58. The van der Waals surface area contributed by atoms with E-state index in [9.17, 15) is 9.18 Å². The molecule has 4 nitrogen and oxygen atoms in total. The molecule has 1 atom stereocenters. The SMILES string of the molecule is C[C@@H](NC(=O)COC1CCNCC1)c1cccc(F)c1. The van der Waals surface area contributed by atoms with Gasteiger partial charge >= 0.3 is 0 Å². The second-order valence-electron chi connectivity index (χ2n) is 5.10. The maximum Gasteiger partial charge on any atom is 0.246 e. The van der Waals surface area contributed by atoms with Gasteiger partial charge in [0.25, 0.3) is 0 Å². The van der Waals surface area contributed by atoms with Crippen molar-refractivity contribution >= 4 is 5.91 Å². The number of amides is 1. The van der Waals surface area contributed by atoms with E-state index in [1.54, 1.807) is 12.1 Å². The van der Waals surface area contributed by atoms with Crippen molar-refractivity contribution in [1.82, 2.24) is 10.6 Å². The van der Waals surface area contributed by atoms with Gasteiger partial charge in [0.1, 0.15) is 12.4 Å². The Kier molecular flexibility index (Phi) is 5.49. The Morgan fingerprint density at radius 3 is 2.95 bits per heavy atom. The van der Waals surface area contributed by atoms with Crippen LogP contribution in [0.3, 0.4) is 0 Å². The molecule has 0 unspecified atom stereocenters. The highest BCUT2D eigenvalue weighted by Gasteiger charge is 2.16. The number of carbonyl (C=O) groups excluding carboxylic acids is 1. The lowest BCUT2D eigenvalue weighted by atomic mass is 10.1. The Bertz CT molecular complexity index is 447. The molecular weight excluding hydrogens is 259 g/mol. The van der Waals surface area contributed by atoms with Crippen LogP contribution < -0.4 is 10.6 Å². The lowest BCUT2D eigenvalue weighted by molar-refractivity contribution is -0.128. The summed E-state index contributed by atoms with van der Waals surface area (Å²) >= 11 is 0. The average Bonchev–Trinajstić information content (AvgIpc) is 2.46. The van der Waals surface area contributed by atoms with Gasteiger partial charge in [-0.3, -0.25) is 4.79 Å². The zero-order valence-electron chi connectivity index (χ0n) is 11.7. The summed E-state index contributed by atoms with van der Waals surface area (Å²) in [6.07, 6.45) is 2.03. The van der Waals surface area contributed by atoms with E-state index in [0.29, 0.717) is 0 Å². The zero-order valence-corrected chi connectivity index (χ0v) is 11.7. The summed E-state index contributed by atoms with van der Waals surface area (Å²) < 4.78 is 18.7. The number of piperidine rings is 1. The molecule has 1 amide bonds. The van der Waals surface area contributed by atoms with Gasteiger partial charge in [0.05, 0.1) is 12.1 Å². The van der Waals surface area contributed by atoms with Crippen LogP contribution >= 0.6 is 0 Å². The van der Waals surface area contributed by atoms with Gasteiger partial charge in [0.15, 0.2) is 0 Å². The van der Waals surface area contributed by atoms with Gasteiger partial charge < -0.3 is 15.4 Å². The average molecular weight is 280 g/mol. The van der Waals surface area contributed by atoms with Crippen molar-refractivity contribution in [3.05, 3.63) is 35.6 Å². The van der Waals surface area contributed by atoms with Crippen molar-refractivity contribution in [2.75, 3.05) is 19.7 Å². The summed E-state index contributed by atoms with van der Waals surface area (Å²) in [6.45, 7) is 3.76. The van der Waals surface area contributed by atoms with Gasteiger partial charge in [-0.05, 0) is 50.6 Å². The first-order valence-corrected chi connectivity index (χ1v) is 7.02. The van der Waals surface area contributed by atoms with E-state index in [1.807, 2.05) is 6.92 Å². The maximum absolute atomic E-state index is 13.1. The Hall–Kier alpha value is -1.46. The number of hydrogen-bond acceptors (Lipinski definition) is 3. The predicted octanol–water partition coefficient (Wildman–Crippen LogP) is 1.77. The normalized spacial score (nSPS) is 17.7. The van der Waals surface area contributed by atoms with Crippen LogP contribution in [0.1, 0.15) is 31.4 Å². The van der Waals surface area contributed by atoms with Crippen molar-refractivity contribution in [2.45, 2.75) is 31.9 Å². The smallest absolute Gasteiger partial charge is 0.246 e. The third-order valence-electron chi connectivity index (χ3n) is 3.46. The number of carbonyl (C=O) groups is 1. The molecule has 1 heterocycles. The molecule has 1 fully saturated rings. The maximum atomic E-state index is 13.1. The molecule has 1 aliphatic heterocycles. The van der Waals surface area contributed by atoms with E-state index in [-0.39, 0.29) is 30.5 Å². The molecule has 0 aliphatic carbocycles. The molecule has 0 bridgehead atoms. The van der Waals surface area contributed by atoms with Crippen molar-refractivity contribution in [2.24, 2.45) is 0 Å². The minimum absolute atomic E-state index is 0.0598. The molecular formula is C15H21FN2O2. The molecule has 110 valence electrons. The minimum Gasteiger partial charge on any atom is -0.368 e. The summed E-state index contributed by atoms with van der Waals surface area (Å²) in [6, 6.07) is 6.02. The van der Waals surface area contributed by atoms with Crippen LogP contribution in [0.25, 0.3) is 0 Å². The van der Waals surface area contributed by atoms with E-state index < -0.39 is 0 Å². The second kappa shape index (κ2) is 7.36.